The number of nitrogens with zero attached hydrogens (tertiary/aromatic N) is 1. The fraction of sp³-hybridized carbons (Fsp3) is 0.182. The van der Waals surface area contributed by atoms with E-state index in [-0.39, 0.29) is 5.82 Å². The zero-order valence-electron chi connectivity index (χ0n) is 8.57. The van der Waals surface area contributed by atoms with Gasteiger partial charge in [-0.1, -0.05) is 12.1 Å². The van der Waals surface area contributed by atoms with Crippen molar-refractivity contribution in [1.29, 1.82) is 0 Å². The van der Waals surface area contributed by atoms with Crippen LogP contribution in [0.5, 0.6) is 0 Å². The van der Waals surface area contributed by atoms with E-state index in [9.17, 15) is 9.18 Å². The van der Waals surface area contributed by atoms with E-state index in [4.69, 9.17) is 5.11 Å². The molecule has 15 heavy (non-hydrogen) atoms. The second kappa shape index (κ2) is 4.59. The second-order valence-corrected chi connectivity index (χ2v) is 3.24. The van der Waals surface area contributed by atoms with Gasteiger partial charge in [-0.15, -0.1) is 0 Å². The Morgan fingerprint density at radius 2 is 2.13 bits per heavy atom. The average Bonchev–Trinajstić information content (AvgIpc) is 2.13. The molecule has 80 valence electrons. The minimum atomic E-state index is -1.05. The maximum atomic E-state index is 13.4. The summed E-state index contributed by atoms with van der Waals surface area (Å²) in [6.07, 6.45) is 2.36. The summed E-state index contributed by atoms with van der Waals surface area (Å²) in [5.74, 6) is -1.42. The first-order chi connectivity index (χ1) is 7.02. The third-order valence-electron chi connectivity index (χ3n) is 1.87. The van der Waals surface area contributed by atoms with E-state index in [0.717, 1.165) is 6.08 Å². The topological polar surface area (TPSA) is 40.5 Å². The highest BCUT2D eigenvalue weighted by Crippen LogP contribution is 2.23. The van der Waals surface area contributed by atoms with Gasteiger partial charge in [0.15, 0.2) is 0 Å². The average molecular weight is 209 g/mol. The van der Waals surface area contributed by atoms with E-state index < -0.39 is 5.97 Å². The van der Waals surface area contributed by atoms with E-state index in [1.165, 1.54) is 12.1 Å². The number of carbonyl (C=O) groups is 1. The highest BCUT2D eigenvalue weighted by molar-refractivity contribution is 5.87. The molecule has 1 N–H and O–H groups in total. The summed E-state index contributed by atoms with van der Waals surface area (Å²) in [6, 6.07) is 4.55. The molecule has 0 bridgehead atoms. The van der Waals surface area contributed by atoms with Gasteiger partial charge < -0.3 is 10.0 Å². The second-order valence-electron chi connectivity index (χ2n) is 3.24. The van der Waals surface area contributed by atoms with Crippen LogP contribution < -0.4 is 4.90 Å². The lowest BCUT2D eigenvalue weighted by Crippen LogP contribution is -2.12. The van der Waals surface area contributed by atoms with Crippen LogP contribution in [0, 0.1) is 5.82 Å². The van der Waals surface area contributed by atoms with E-state index in [2.05, 4.69) is 0 Å². The molecule has 0 aliphatic carbocycles. The van der Waals surface area contributed by atoms with Gasteiger partial charge in [-0.25, -0.2) is 9.18 Å². The third-order valence-corrected chi connectivity index (χ3v) is 1.87. The lowest BCUT2D eigenvalue weighted by Gasteiger charge is -2.16. The van der Waals surface area contributed by atoms with Gasteiger partial charge in [0.25, 0.3) is 0 Å². The summed E-state index contributed by atoms with van der Waals surface area (Å²) in [5, 5.41) is 8.48. The largest absolute Gasteiger partial charge is 0.478 e. The van der Waals surface area contributed by atoms with E-state index >= 15 is 0 Å². The molecule has 0 saturated heterocycles. The van der Waals surface area contributed by atoms with Gasteiger partial charge in [-0.2, -0.15) is 0 Å². The number of hydrogen-bond acceptors (Lipinski definition) is 2. The summed E-state index contributed by atoms with van der Waals surface area (Å²) >= 11 is 0. The first-order valence-electron chi connectivity index (χ1n) is 4.39. The number of aliphatic carboxylic acids is 1. The van der Waals surface area contributed by atoms with Crippen molar-refractivity contribution >= 4 is 17.7 Å². The molecule has 0 spiro atoms. The lowest BCUT2D eigenvalue weighted by atomic mass is 10.1. The van der Waals surface area contributed by atoms with Crippen LogP contribution in [-0.4, -0.2) is 25.2 Å². The Bertz CT molecular complexity index is 400. The first kappa shape index (κ1) is 11.2. The Kier molecular flexibility index (Phi) is 3.44. The molecule has 0 amide bonds. The Labute approximate surface area is 87.4 Å². The Balaban J connectivity index is 3.17. The molecule has 0 fully saturated rings. The molecule has 0 aliphatic heterocycles. The maximum absolute atomic E-state index is 13.4. The van der Waals surface area contributed by atoms with Crippen molar-refractivity contribution in [3.63, 3.8) is 0 Å². The molecule has 3 nitrogen and oxygen atoms in total. The summed E-state index contributed by atoms with van der Waals surface area (Å²) in [7, 11) is 3.41. The van der Waals surface area contributed by atoms with Crippen molar-refractivity contribution in [1.82, 2.24) is 0 Å². The van der Waals surface area contributed by atoms with Crippen molar-refractivity contribution in [3.8, 4) is 0 Å². The van der Waals surface area contributed by atoms with Crippen molar-refractivity contribution < 1.29 is 14.3 Å². The molecule has 0 unspecified atom stereocenters. The van der Waals surface area contributed by atoms with E-state index in [1.807, 2.05) is 0 Å². The standard InChI is InChI=1S/C11H12FNO2/c1-13(2)11-8(6-7-10(14)15)4-3-5-9(11)12/h3-7H,1-2H3,(H,14,15)/b7-6+. The van der Waals surface area contributed by atoms with Gasteiger partial charge in [-0.3, -0.25) is 0 Å². The van der Waals surface area contributed by atoms with Gasteiger partial charge >= 0.3 is 5.97 Å². The van der Waals surface area contributed by atoms with Gasteiger partial charge in [0.2, 0.25) is 0 Å². The Hall–Kier alpha value is -1.84. The molecule has 1 rings (SSSR count). The monoisotopic (exact) mass is 209 g/mol. The van der Waals surface area contributed by atoms with Crippen molar-refractivity contribution in [3.05, 3.63) is 35.7 Å². The summed E-state index contributed by atoms with van der Waals surface area (Å²) < 4.78 is 13.4. The van der Waals surface area contributed by atoms with E-state index in [1.54, 1.807) is 31.1 Å². The zero-order chi connectivity index (χ0) is 11.4. The van der Waals surface area contributed by atoms with Crippen LogP contribution >= 0.6 is 0 Å². The van der Waals surface area contributed by atoms with Gasteiger partial charge in [0.1, 0.15) is 5.82 Å². The fourth-order valence-corrected chi connectivity index (χ4v) is 1.30. The number of para-hydroxylation sites is 1. The maximum Gasteiger partial charge on any atom is 0.328 e. The molecule has 0 heterocycles. The number of carboxylic acid groups (broad SMARTS) is 1. The fourth-order valence-electron chi connectivity index (χ4n) is 1.30. The molecule has 0 saturated carbocycles. The van der Waals surface area contributed by atoms with Gasteiger partial charge in [0.05, 0.1) is 5.69 Å². The summed E-state index contributed by atoms with van der Waals surface area (Å²) in [5.41, 5.74) is 0.928. The van der Waals surface area contributed by atoms with Crippen molar-refractivity contribution in [2.75, 3.05) is 19.0 Å². The number of hydrogen-bond donors (Lipinski definition) is 1. The molecule has 0 aromatic heterocycles. The van der Waals surface area contributed by atoms with Crippen LogP contribution in [0.3, 0.4) is 0 Å². The predicted octanol–water partition coefficient (Wildman–Crippen LogP) is 1.99. The summed E-state index contributed by atoms with van der Waals surface area (Å²) in [4.78, 5) is 12.0. The molecule has 1 aromatic carbocycles. The molecule has 1 aromatic rings. The number of anilines is 1. The summed E-state index contributed by atoms with van der Waals surface area (Å²) in [6.45, 7) is 0. The third kappa shape index (κ3) is 2.80. The highest BCUT2D eigenvalue weighted by atomic mass is 19.1. The molecular weight excluding hydrogens is 197 g/mol. The molecular formula is C11H12FNO2. The first-order valence-corrected chi connectivity index (χ1v) is 4.39. The van der Waals surface area contributed by atoms with Crippen LogP contribution in [0.2, 0.25) is 0 Å². The zero-order valence-corrected chi connectivity index (χ0v) is 8.57. The Morgan fingerprint density at radius 1 is 1.47 bits per heavy atom. The van der Waals surface area contributed by atoms with Gasteiger partial charge in [0, 0.05) is 25.7 Å². The number of rotatable bonds is 3. The number of carboxylic acids is 1. The molecule has 0 atom stereocenters. The Morgan fingerprint density at radius 3 is 2.67 bits per heavy atom. The number of halogens is 1. The quantitative estimate of drug-likeness (QED) is 0.774. The van der Waals surface area contributed by atoms with Crippen LogP contribution in [0.25, 0.3) is 6.08 Å². The van der Waals surface area contributed by atoms with Crippen LogP contribution in [0.4, 0.5) is 10.1 Å². The number of benzene rings is 1. The molecule has 0 aliphatic rings. The minimum Gasteiger partial charge on any atom is -0.478 e. The molecule has 4 heteroatoms. The van der Waals surface area contributed by atoms with E-state index in [0.29, 0.717) is 11.3 Å². The predicted molar refractivity (Wildman–Crippen MR) is 57.4 cm³/mol. The van der Waals surface area contributed by atoms with Crippen molar-refractivity contribution in [2.45, 2.75) is 0 Å². The molecule has 0 radical (unpaired) electrons. The normalized spacial score (nSPS) is 10.6. The smallest absolute Gasteiger partial charge is 0.328 e. The highest BCUT2D eigenvalue weighted by Gasteiger charge is 2.07. The van der Waals surface area contributed by atoms with Gasteiger partial charge in [-0.05, 0) is 12.1 Å². The van der Waals surface area contributed by atoms with Crippen LogP contribution in [-0.2, 0) is 4.79 Å². The van der Waals surface area contributed by atoms with Crippen LogP contribution in [0.15, 0.2) is 24.3 Å². The van der Waals surface area contributed by atoms with Crippen LogP contribution in [0.1, 0.15) is 5.56 Å². The minimum absolute atomic E-state index is 0.368. The lowest BCUT2D eigenvalue weighted by molar-refractivity contribution is -0.131. The SMILES string of the molecule is CN(C)c1c(F)cccc1/C=C/C(=O)O. The van der Waals surface area contributed by atoms with Crippen molar-refractivity contribution in [2.24, 2.45) is 0 Å².